The number of aromatic carboxylic acids is 2. The van der Waals surface area contributed by atoms with E-state index in [4.69, 9.17) is 0 Å². The van der Waals surface area contributed by atoms with E-state index in [1.165, 1.54) is 0 Å². The van der Waals surface area contributed by atoms with Crippen LogP contribution in [0.5, 0.6) is 0 Å². The van der Waals surface area contributed by atoms with Gasteiger partial charge in [-0.2, -0.15) is 0 Å². The van der Waals surface area contributed by atoms with Crippen LogP contribution in [0.15, 0.2) is 24.3 Å². The molecule has 0 N–H and O–H groups in total. The molecule has 0 spiro atoms. The molecule has 0 amide bonds. The molecule has 0 saturated heterocycles. The maximum absolute atomic E-state index is 10.2. The number of rotatable bonds is 2. The number of benzene rings is 1. The minimum absolute atomic E-state index is 0. The van der Waals surface area contributed by atoms with Crippen LogP contribution in [0.4, 0.5) is 0 Å². The second kappa shape index (κ2) is 4.72. The molecular formula is C8H4O4Ru. The Bertz CT molecular complexity index is 284. The molecule has 0 aliphatic rings. The average Bonchev–Trinajstić information content (AvgIpc) is 2.04. The van der Waals surface area contributed by atoms with Crippen molar-refractivity contribution in [3.63, 3.8) is 0 Å². The Morgan fingerprint density at radius 3 is 1.23 bits per heavy atom. The molecule has 0 aromatic heterocycles. The molecule has 0 heterocycles. The van der Waals surface area contributed by atoms with Gasteiger partial charge in [0.05, 0.1) is 11.9 Å². The van der Waals surface area contributed by atoms with E-state index in [0.717, 1.165) is 24.3 Å². The molecule has 0 aliphatic heterocycles. The van der Waals surface area contributed by atoms with Crippen molar-refractivity contribution in [3.05, 3.63) is 35.4 Å². The summed E-state index contributed by atoms with van der Waals surface area (Å²) in [5.74, 6) is -2.67. The summed E-state index contributed by atoms with van der Waals surface area (Å²) in [7, 11) is 0. The molecule has 5 heteroatoms. The first-order chi connectivity index (χ1) is 5.61. The molecule has 0 unspecified atom stereocenters. The topological polar surface area (TPSA) is 80.3 Å². The first-order valence-corrected chi connectivity index (χ1v) is 3.14. The minimum Gasteiger partial charge on any atom is -0.545 e. The van der Waals surface area contributed by atoms with Crippen molar-refractivity contribution in [1.29, 1.82) is 0 Å². The summed E-state index contributed by atoms with van der Waals surface area (Å²) in [5.41, 5.74) is -0.111. The number of hydrogen-bond acceptors (Lipinski definition) is 4. The van der Waals surface area contributed by atoms with Crippen molar-refractivity contribution >= 4 is 11.9 Å². The van der Waals surface area contributed by atoms with Gasteiger partial charge in [-0.05, 0) is 11.1 Å². The summed E-state index contributed by atoms with van der Waals surface area (Å²) in [6.07, 6.45) is 0. The number of carboxylic acids is 2. The molecule has 1 rings (SSSR count). The standard InChI is InChI=1S/C8H6O4.Ru/c9-7(10)5-1-2-6(4-3-5)8(11)12;/h1-4H,(H,9,10)(H,11,12);/q;+2/p-2. The number of carbonyl (C=O) groups is 2. The van der Waals surface area contributed by atoms with E-state index in [1.54, 1.807) is 0 Å². The van der Waals surface area contributed by atoms with Gasteiger partial charge in [-0.1, -0.05) is 24.3 Å². The van der Waals surface area contributed by atoms with Crippen LogP contribution in [0.2, 0.25) is 0 Å². The van der Waals surface area contributed by atoms with Crippen LogP contribution in [-0.2, 0) is 19.5 Å². The molecule has 0 fully saturated rings. The van der Waals surface area contributed by atoms with E-state index in [9.17, 15) is 19.8 Å². The largest absolute Gasteiger partial charge is 2.00 e. The number of hydrogen-bond donors (Lipinski definition) is 0. The Balaban J connectivity index is 0.00000144. The van der Waals surface area contributed by atoms with Crippen molar-refractivity contribution in [1.82, 2.24) is 0 Å². The predicted molar refractivity (Wildman–Crippen MR) is 35.1 cm³/mol. The third-order valence-corrected chi connectivity index (χ3v) is 1.36. The zero-order valence-corrected chi connectivity index (χ0v) is 8.03. The summed E-state index contributed by atoms with van der Waals surface area (Å²) < 4.78 is 0. The van der Waals surface area contributed by atoms with Crippen LogP contribution in [0.3, 0.4) is 0 Å². The normalized spacial score (nSPS) is 8.62. The van der Waals surface area contributed by atoms with Gasteiger partial charge in [0.2, 0.25) is 0 Å². The van der Waals surface area contributed by atoms with Crippen LogP contribution in [0.1, 0.15) is 20.7 Å². The zero-order valence-electron chi connectivity index (χ0n) is 6.30. The third kappa shape index (κ3) is 2.95. The molecule has 13 heavy (non-hydrogen) atoms. The Kier molecular flexibility index (Phi) is 4.28. The summed E-state index contributed by atoms with van der Waals surface area (Å²) in [5, 5.41) is 20.4. The molecule has 0 aliphatic carbocycles. The van der Waals surface area contributed by atoms with Crippen LogP contribution in [-0.4, -0.2) is 11.9 Å². The van der Waals surface area contributed by atoms with Crippen LogP contribution in [0, 0.1) is 0 Å². The van der Waals surface area contributed by atoms with Gasteiger partial charge < -0.3 is 19.8 Å². The Morgan fingerprint density at radius 1 is 0.846 bits per heavy atom. The van der Waals surface area contributed by atoms with Gasteiger partial charge >= 0.3 is 19.5 Å². The quantitative estimate of drug-likeness (QED) is 0.604. The van der Waals surface area contributed by atoms with E-state index < -0.39 is 11.9 Å². The number of carboxylic acid groups (broad SMARTS) is 2. The molecule has 0 bridgehead atoms. The first kappa shape index (κ1) is 11.8. The summed E-state index contributed by atoms with van der Waals surface area (Å²) in [6.45, 7) is 0. The van der Waals surface area contributed by atoms with E-state index in [-0.39, 0.29) is 30.6 Å². The fraction of sp³-hybridized carbons (Fsp3) is 0. The van der Waals surface area contributed by atoms with Crippen molar-refractivity contribution in [2.24, 2.45) is 0 Å². The van der Waals surface area contributed by atoms with Crippen LogP contribution < -0.4 is 10.2 Å². The molecule has 68 valence electrons. The average molecular weight is 265 g/mol. The van der Waals surface area contributed by atoms with E-state index in [2.05, 4.69) is 0 Å². The fourth-order valence-corrected chi connectivity index (χ4v) is 0.742. The van der Waals surface area contributed by atoms with Crippen LogP contribution in [0.25, 0.3) is 0 Å². The van der Waals surface area contributed by atoms with Gasteiger partial charge in [-0.15, -0.1) is 0 Å². The summed E-state index contributed by atoms with van der Waals surface area (Å²) in [6, 6.07) is 4.61. The van der Waals surface area contributed by atoms with Gasteiger partial charge in [0.1, 0.15) is 0 Å². The summed E-state index contributed by atoms with van der Waals surface area (Å²) >= 11 is 0. The van der Waals surface area contributed by atoms with Gasteiger partial charge in [-0.25, -0.2) is 0 Å². The second-order valence-corrected chi connectivity index (χ2v) is 2.15. The Hall–Kier alpha value is -1.22. The van der Waals surface area contributed by atoms with Crippen molar-refractivity contribution in [3.8, 4) is 0 Å². The molecule has 0 radical (unpaired) electrons. The van der Waals surface area contributed by atoms with E-state index in [1.807, 2.05) is 0 Å². The first-order valence-electron chi connectivity index (χ1n) is 3.14. The van der Waals surface area contributed by atoms with E-state index in [0.29, 0.717) is 0 Å². The molecule has 4 nitrogen and oxygen atoms in total. The van der Waals surface area contributed by atoms with Gasteiger partial charge in [0.25, 0.3) is 0 Å². The molecule has 1 aromatic rings. The maximum atomic E-state index is 10.2. The maximum Gasteiger partial charge on any atom is 2.00 e. The molecular weight excluding hydrogens is 261 g/mol. The molecule has 0 atom stereocenters. The van der Waals surface area contributed by atoms with Gasteiger partial charge in [0, 0.05) is 0 Å². The summed E-state index contributed by atoms with van der Waals surface area (Å²) in [4.78, 5) is 20.4. The predicted octanol–water partition coefficient (Wildman–Crippen LogP) is -1.59. The third-order valence-electron chi connectivity index (χ3n) is 1.36. The minimum atomic E-state index is -1.33. The van der Waals surface area contributed by atoms with Crippen molar-refractivity contribution < 1.29 is 39.3 Å². The molecule has 1 aromatic carbocycles. The van der Waals surface area contributed by atoms with E-state index >= 15 is 0 Å². The number of carbonyl (C=O) groups excluding carboxylic acids is 2. The SMILES string of the molecule is O=C([O-])c1ccc(C(=O)[O-])cc1.[Ru+2]. The second-order valence-electron chi connectivity index (χ2n) is 2.15. The van der Waals surface area contributed by atoms with Gasteiger partial charge in [0.15, 0.2) is 0 Å². The van der Waals surface area contributed by atoms with Gasteiger partial charge in [-0.3, -0.25) is 0 Å². The van der Waals surface area contributed by atoms with Crippen LogP contribution >= 0.6 is 0 Å². The fourth-order valence-electron chi connectivity index (χ4n) is 0.742. The Labute approximate surface area is 87.0 Å². The van der Waals surface area contributed by atoms with Crippen molar-refractivity contribution in [2.75, 3.05) is 0 Å². The Morgan fingerprint density at radius 2 is 1.08 bits per heavy atom. The smallest absolute Gasteiger partial charge is 0.545 e. The molecule has 0 saturated carbocycles. The van der Waals surface area contributed by atoms with Crippen molar-refractivity contribution in [2.45, 2.75) is 0 Å². The zero-order chi connectivity index (χ0) is 9.14. The monoisotopic (exact) mass is 266 g/mol.